The predicted molar refractivity (Wildman–Crippen MR) is 87.2 cm³/mol. The van der Waals surface area contributed by atoms with Crippen LogP contribution in [0, 0.1) is 6.92 Å². The number of aryl methyl sites for hydroxylation is 1. The molecule has 1 aliphatic rings. The number of nitrogens with one attached hydrogen (secondary N) is 1. The fourth-order valence-corrected chi connectivity index (χ4v) is 2.97. The maximum Gasteiger partial charge on any atom is 0.418 e. The van der Waals surface area contributed by atoms with E-state index in [1.165, 1.54) is 12.1 Å². The SMILES string of the molecule is Cc1ccc(C(F)(F)F)c(N2C(=O)CSC2=NC(=O)NC(C)C)c1. The molecule has 1 saturated heterocycles. The third kappa shape index (κ3) is 4.08. The molecular weight excluding hydrogens is 343 g/mol. The molecule has 1 fully saturated rings. The Labute approximate surface area is 141 Å². The van der Waals surface area contributed by atoms with E-state index in [9.17, 15) is 22.8 Å². The van der Waals surface area contributed by atoms with Crippen molar-refractivity contribution < 1.29 is 22.8 Å². The highest BCUT2D eigenvalue weighted by atomic mass is 32.2. The molecule has 0 aliphatic carbocycles. The lowest BCUT2D eigenvalue weighted by Gasteiger charge is -2.21. The Kier molecular flexibility index (Phi) is 5.22. The van der Waals surface area contributed by atoms with E-state index in [0.717, 1.165) is 22.7 Å². The number of thioether (sulfide) groups is 1. The van der Waals surface area contributed by atoms with Gasteiger partial charge in [-0.1, -0.05) is 17.8 Å². The van der Waals surface area contributed by atoms with E-state index in [4.69, 9.17) is 0 Å². The highest BCUT2D eigenvalue weighted by molar-refractivity contribution is 8.15. The molecule has 0 atom stereocenters. The lowest BCUT2D eigenvalue weighted by molar-refractivity contribution is -0.137. The van der Waals surface area contributed by atoms with Crippen LogP contribution >= 0.6 is 11.8 Å². The summed E-state index contributed by atoms with van der Waals surface area (Å²) in [5, 5.41) is 2.45. The third-order valence-corrected chi connectivity index (χ3v) is 4.00. The van der Waals surface area contributed by atoms with Gasteiger partial charge in [0.15, 0.2) is 5.17 Å². The Morgan fingerprint density at radius 2 is 2.04 bits per heavy atom. The molecule has 5 nitrogen and oxygen atoms in total. The number of amides is 3. The largest absolute Gasteiger partial charge is 0.418 e. The Hall–Kier alpha value is -2.03. The predicted octanol–water partition coefficient (Wildman–Crippen LogP) is 3.57. The number of nitrogens with zero attached hydrogens (tertiary/aromatic N) is 2. The van der Waals surface area contributed by atoms with Crippen molar-refractivity contribution in [1.82, 2.24) is 5.32 Å². The first-order valence-electron chi connectivity index (χ1n) is 7.12. The fourth-order valence-electron chi connectivity index (χ4n) is 2.11. The number of hydrogen-bond acceptors (Lipinski definition) is 3. The van der Waals surface area contributed by atoms with E-state index < -0.39 is 23.7 Å². The number of anilines is 1. The number of aliphatic imine (C=N–C) groups is 1. The molecule has 3 amide bonds. The number of carbonyl (C=O) groups excluding carboxylic acids is 2. The highest BCUT2D eigenvalue weighted by Crippen LogP contribution is 2.39. The van der Waals surface area contributed by atoms with Gasteiger partial charge in [0.25, 0.3) is 0 Å². The van der Waals surface area contributed by atoms with Crippen molar-refractivity contribution in [3.63, 3.8) is 0 Å². The lowest BCUT2D eigenvalue weighted by atomic mass is 10.1. The molecule has 0 spiro atoms. The van der Waals surface area contributed by atoms with Crippen molar-refractivity contribution in [3.8, 4) is 0 Å². The summed E-state index contributed by atoms with van der Waals surface area (Å²) in [7, 11) is 0. The second-order valence-corrected chi connectivity index (χ2v) is 6.48. The molecule has 1 aromatic rings. The number of amidine groups is 1. The molecule has 9 heteroatoms. The van der Waals surface area contributed by atoms with E-state index in [2.05, 4.69) is 10.3 Å². The molecule has 1 heterocycles. The van der Waals surface area contributed by atoms with Crippen molar-refractivity contribution in [2.45, 2.75) is 33.0 Å². The number of urea groups is 1. The monoisotopic (exact) mass is 359 g/mol. The van der Waals surface area contributed by atoms with Gasteiger partial charge >= 0.3 is 12.2 Å². The summed E-state index contributed by atoms with van der Waals surface area (Å²) in [6, 6.07) is 2.63. The van der Waals surface area contributed by atoms with Crippen LogP contribution in [0.5, 0.6) is 0 Å². The molecule has 1 N–H and O–H groups in total. The van der Waals surface area contributed by atoms with Gasteiger partial charge in [-0.15, -0.1) is 0 Å². The summed E-state index contributed by atoms with van der Waals surface area (Å²) in [5.41, 5.74) is -0.691. The lowest BCUT2D eigenvalue weighted by Crippen LogP contribution is -2.34. The summed E-state index contributed by atoms with van der Waals surface area (Å²) in [6.07, 6.45) is -4.62. The smallest absolute Gasteiger partial charge is 0.334 e. The number of rotatable bonds is 2. The van der Waals surface area contributed by atoms with Crippen LogP contribution in [0.2, 0.25) is 0 Å². The van der Waals surface area contributed by atoms with Crippen molar-refractivity contribution >= 4 is 34.6 Å². The van der Waals surface area contributed by atoms with Crippen LogP contribution in [0.3, 0.4) is 0 Å². The molecule has 0 saturated carbocycles. The van der Waals surface area contributed by atoms with Crippen LogP contribution in [0.1, 0.15) is 25.0 Å². The summed E-state index contributed by atoms with van der Waals surface area (Å²) in [4.78, 5) is 28.5. The normalized spacial score (nSPS) is 17.0. The number of benzene rings is 1. The van der Waals surface area contributed by atoms with Crippen molar-refractivity contribution in [2.24, 2.45) is 4.99 Å². The molecule has 1 aliphatic heterocycles. The van der Waals surface area contributed by atoms with Crippen molar-refractivity contribution in [2.75, 3.05) is 10.7 Å². The van der Waals surface area contributed by atoms with Gasteiger partial charge in [0.2, 0.25) is 5.91 Å². The van der Waals surface area contributed by atoms with Crippen LogP contribution < -0.4 is 10.2 Å². The first kappa shape index (κ1) is 18.3. The Morgan fingerprint density at radius 3 is 2.62 bits per heavy atom. The summed E-state index contributed by atoms with van der Waals surface area (Å²) in [6.45, 7) is 5.08. The van der Waals surface area contributed by atoms with Gasteiger partial charge < -0.3 is 5.32 Å². The van der Waals surface area contributed by atoms with E-state index in [1.807, 2.05) is 0 Å². The second-order valence-electron chi connectivity index (χ2n) is 5.53. The molecule has 0 radical (unpaired) electrons. The van der Waals surface area contributed by atoms with Gasteiger partial charge in [0.05, 0.1) is 17.0 Å². The van der Waals surface area contributed by atoms with Crippen molar-refractivity contribution in [1.29, 1.82) is 0 Å². The first-order chi connectivity index (χ1) is 11.1. The summed E-state index contributed by atoms with van der Waals surface area (Å²) in [5.74, 6) is -0.619. The maximum atomic E-state index is 13.3. The van der Waals surface area contributed by atoms with Gasteiger partial charge in [0, 0.05) is 6.04 Å². The van der Waals surface area contributed by atoms with Crippen LogP contribution in [0.4, 0.5) is 23.7 Å². The molecule has 1 aromatic carbocycles. The van der Waals surface area contributed by atoms with Crippen LogP contribution in [-0.4, -0.2) is 28.9 Å². The summed E-state index contributed by atoms with van der Waals surface area (Å²) >= 11 is 0.932. The van der Waals surface area contributed by atoms with Crippen LogP contribution in [0.15, 0.2) is 23.2 Å². The number of alkyl halides is 3. The van der Waals surface area contributed by atoms with E-state index in [-0.39, 0.29) is 22.6 Å². The van der Waals surface area contributed by atoms with Gasteiger partial charge in [-0.3, -0.25) is 9.69 Å². The minimum atomic E-state index is -4.62. The number of hydrogen-bond donors (Lipinski definition) is 1. The second kappa shape index (κ2) is 6.84. The average Bonchev–Trinajstić information content (AvgIpc) is 2.77. The van der Waals surface area contributed by atoms with E-state index in [1.54, 1.807) is 20.8 Å². The Balaban J connectivity index is 2.49. The Morgan fingerprint density at radius 1 is 1.38 bits per heavy atom. The maximum absolute atomic E-state index is 13.3. The first-order valence-corrected chi connectivity index (χ1v) is 8.11. The molecule has 24 heavy (non-hydrogen) atoms. The van der Waals surface area contributed by atoms with E-state index >= 15 is 0 Å². The zero-order valence-corrected chi connectivity index (χ0v) is 14.1. The van der Waals surface area contributed by atoms with Gasteiger partial charge in [0.1, 0.15) is 0 Å². The molecule has 0 unspecified atom stereocenters. The minimum absolute atomic E-state index is 0.0609. The Bertz CT molecular complexity index is 702. The quantitative estimate of drug-likeness (QED) is 0.878. The standard InChI is InChI=1S/C15H16F3N3O2S/c1-8(2)19-13(23)20-14-21(12(22)7-24-14)11-6-9(3)4-5-10(11)15(16,17)18/h4-6,8H,7H2,1-3H3,(H,19,23). The molecule has 2 rings (SSSR count). The van der Waals surface area contributed by atoms with Crippen LogP contribution in [0.25, 0.3) is 0 Å². The molecule has 0 aromatic heterocycles. The number of halogens is 3. The van der Waals surface area contributed by atoms with Gasteiger partial charge in [-0.25, -0.2) is 4.79 Å². The van der Waals surface area contributed by atoms with Gasteiger partial charge in [-0.05, 0) is 38.5 Å². The zero-order chi connectivity index (χ0) is 18.1. The minimum Gasteiger partial charge on any atom is -0.334 e. The average molecular weight is 359 g/mol. The number of carbonyl (C=O) groups is 2. The fraction of sp³-hybridized carbons (Fsp3) is 0.400. The molecule has 130 valence electrons. The third-order valence-electron chi connectivity index (χ3n) is 3.07. The topological polar surface area (TPSA) is 61.8 Å². The van der Waals surface area contributed by atoms with Crippen LogP contribution in [-0.2, 0) is 11.0 Å². The molecular formula is C15H16F3N3O2S. The highest BCUT2D eigenvalue weighted by Gasteiger charge is 2.39. The molecule has 0 bridgehead atoms. The summed E-state index contributed by atoms with van der Waals surface area (Å²) < 4.78 is 39.8. The van der Waals surface area contributed by atoms with E-state index in [0.29, 0.717) is 5.56 Å². The van der Waals surface area contributed by atoms with Gasteiger partial charge in [-0.2, -0.15) is 18.2 Å². The zero-order valence-electron chi connectivity index (χ0n) is 13.3. The van der Waals surface area contributed by atoms with Crippen molar-refractivity contribution in [3.05, 3.63) is 29.3 Å².